The molecule has 8 nitrogen and oxygen atoms in total. The second-order valence-electron chi connectivity index (χ2n) is 7.24. The molecule has 2 N–H and O–H groups in total. The molecule has 1 unspecified atom stereocenters. The van der Waals surface area contributed by atoms with Crippen LogP contribution in [0, 0.1) is 0 Å². The average molecular weight is 421 g/mol. The van der Waals surface area contributed by atoms with Crippen molar-refractivity contribution in [2.24, 2.45) is 0 Å². The van der Waals surface area contributed by atoms with Crippen molar-refractivity contribution in [1.82, 2.24) is 15.8 Å². The Bertz CT molecular complexity index is 1080. The second kappa shape index (κ2) is 8.91. The van der Waals surface area contributed by atoms with Crippen LogP contribution in [0.3, 0.4) is 0 Å². The van der Waals surface area contributed by atoms with Gasteiger partial charge in [-0.25, -0.2) is 0 Å². The molecule has 31 heavy (non-hydrogen) atoms. The molecule has 0 aliphatic heterocycles. The number of carbonyl (C=O) groups excluding carboxylic acids is 2. The van der Waals surface area contributed by atoms with Crippen LogP contribution in [0.15, 0.2) is 59.1 Å². The lowest BCUT2D eigenvalue weighted by Crippen LogP contribution is -2.41. The van der Waals surface area contributed by atoms with E-state index in [4.69, 9.17) is 14.0 Å². The summed E-state index contributed by atoms with van der Waals surface area (Å²) in [7, 11) is 3.10. The van der Waals surface area contributed by atoms with Crippen LogP contribution in [-0.2, 0) is 4.79 Å². The summed E-state index contributed by atoms with van der Waals surface area (Å²) in [5.41, 5.74) is 1.34. The first-order valence-electron chi connectivity index (χ1n) is 9.94. The highest BCUT2D eigenvalue weighted by molar-refractivity contribution is 5.97. The zero-order valence-corrected chi connectivity index (χ0v) is 17.3. The lowest BCUT2D eigenvalue weighted by molar-refractivity contribution is -0.123. The largest absolute Gasteiger partial charge is 0.497 e. The summed E-state index contributed by atoms with van der Waals surface area (Å²) in [6.07, 6.45) is 1.91. The molecule has 0 bridgehead atoms. The number of hydrogen-bond acceptors (Lipinski definition) is 6. The van der Waals surface area contributed by atoms with E-state index in [2.05, 4.69) is 15.8 Å². The Labute approximate surface area is 179 Å². The first-order valence-corrected chi connectivity index (χ1v) is 9.94. The van der Waals surface area contributed by atoms with E-state index < -0.39 is 11.9 Å². The Morgan fingerprint density at radius 1 is 1.06 bits per heavy atom. The van der Waals surface area contributed by atoms with Gasteiger partial charge in [0.05, 0.1) is 19.8 Å². The van der Waals surface area contributed by atoms with Crippen molar-refractivity contribution < 1.29 is 23.6 Å². The molecule has 1 aliphatic carbocycles. The standard InChI is InChI=1S/C23H23N3O5/c1-29-16-10-11-19(30-2)17(12-16)20-13-18(26-31-20)22(27)25-21(14-6-4-3-5-7-14)23(28)24-15-8-9-15/h3-7,10-13,15,21H,8-9H2,1-2H3,(H,24,28)(H,25,27). The second-order valence-corrected chi connectivity index (χ2v) is 7.24. The van der Waals surface area contributed by atoms with Crippen molar-refractivity contribution in [2.45, 2.75) is 24.9 Å². The van der Waals surface area contributed by atoms with Crippen LogP contribution in [0.2, 0.25) is 0 Å². The third-order valence-electron chi connectivity index (χ3n) is 5.01. The summed E-state index contributed by atoms with van der Waals surface area (Å²) in [6, 6.07) is 15.2. The van der Waals surface area contributed by atoms with E-state index in [0.717, 1.165) is 12.8 Å². The van der Waals surface area contributed by atoms with E-state index >= 15 is 0 Å². The normalized spacial score (nSPS) is 13.9. The van der Waals surface area contributed by atoms with Crippen LogP contribution in [0.4, 0.5) is 0 Å². The number of hydrogen-bond donors (Lipinski definition) is 2. The third kappa shape index (κ3) is 4.69. The van der Waals surface area contributed by atoms with E-state index in [9.17, 15) is 9.59 Å². The van der Waals surface area contributed by atoms with Gasteiger partial charge in [0.1, 0.15) is 17.5 Å². The van der Waals surface area contributed by atoms with Crippen molar-refractivity contribution in [3.8, 4) is 22.8 Å². The zero-order valence-electron chi connectivity index (χ0n) is 17.3. The molecule has 1 fully saturated rings. The van der Waals surface area contributed by atoms with Gasteiger partial charge in [-0.1, -0.05) is 35.5 Å². The van der Waals surface area contributed by atoms with Gasteiger partial charge in [-0.3, -0.25) is 9.59 Å². The molecular formula is C23H23N3O5. The smallest absolute Gasteiger partial charge is 0.274 e. The Morgan fingerprint density at radius 2 is 1.84 bits per heavy atom. The quantitative estimate of drug-likeness (QED) is 0.579. The maximum absolute atomic E-state index is 12.9. The number of nitrogens with one attached hydrogen (secondary N) is 2. The highest BCUT2D eigenvalue weighted by Gasteiger charge is 2.30. The molecule has 3 aromatic rings. The van der Waals surface area contributed by atoms with Gasteiger partial charge in [-0.05, 0) is 36.6 Å². The first kappa shape index (κ1) is 20.5. The summed E-state index contributed by atoms with van der Waals surface area (Å²) in [6.45, 7) is 0. The number of carbonyl (C=O) groups is 2. The lowest BCUT2D eigenvalue weighted by atomic mass is 10.1. The van der Waals surface area contributed by atoms with Crippen molar-refractivity contribution in [3.05, 3.63) is 65.9 Å². The fraction of sp³-hybridized carbons (Fsp3) is 0.261. The van der Waals surface area contributed by atoms with E-state index in [1.165, 1.54) is 13.2 Å². The minimum absolute atomic E-state index is 0.0556. The summed E-state index contributed by atoms with van der Waals surface area (Å²) in [5.74, 6) is 0.741. The molecule has 4 rings (SSSR count). The van der Waals surface area contributed by atoms with Crippen LogP contribution in [-0.4, -0.2) is 37.2 Å². The molecule has 160 valence electrons. The third-order valence-corrected chi connectivity index (χ3v) is 5.01. The highest BCUT2D eigenvalue weighted by atomic mass is 16.5. The number of amides is 2. The molecule has 1 saturated carbocycles. The maximum atomic E-state index is 12.9. The Balaban J connectivity index is 1.56. The molecule has 1 aliphatic rings. The van der Waals surface area contributed by atoms with Crippen LogP contribution in [0.1, 0.15) is 34.9 Å². The number of nitrogens with zero attached hydrogens (tertiary/aromatic N) is 1. The van der Waals surface area contributed by atoms with Gasteiger partial charge in [-0.15, -0.1) is 0 Å². The summed E-state index contributed by atoms with van der Waals surface area (Å²) in [4.78, 5) is 25.6. The number of aromatic nitrogens is 1. The molecule has 1 heterocycles. The molecule has 0 spiro atoms. The number of rotatable bonds is 8. The number of methoxy groups -OCH3 is 2. The maximum Gasteiger partial charge on any atom is 0.274 e. The lowest BCUT2D eigenvalue weighted by Gasteiger charge is -2.18. The van der Waals surface area contributed by atoms with Gasteiger partial charge < -0.3 is 24.6 Å². The van der Waals surface area contributed by atoms with E-state index in [0.29, 0.717) is 28.4 Å². The monoisotopic (exact) mass is 421 g/mol. The molecule has 1 atom stereocenters. The van der Waals surface area contributed by atoms with Gasteiger partial charge in [0, 0.05) is 12.1 Å². The fourth-order valence-electron chi connectivity index (χ4n) is 3.18. The predicted octanol–water partition coefficient (Wildman–Crippen LogP) is 3.11. The van der Waals surface area contributed by atoms with Crippen LogP contribution in [0.25, 0.3) is 11.3 Å². The predicted molar refractivity (Wildman–Crippen MR) is 113 cm³/mol. The Kier molecular flexibility index (Phi) is 5.88. The molecule has 1 aromatic heterocycles. The average Bonchev–Trinajstić information content (AvgIpc) is 3.48. The number of benzene rings is 2. The Morgan fingerprint density at radius 3 is 2.52 bits per heavy atom. The zero-order chi connectivity index (χ0) is 21.8. The fourth-order valence-corrected chi connectivity index (χ4v) is 3.18. The summed E-state index contributed by atoms with van der Waals surface area (Å²) >= 11 is 0. The van der Waals surface area contributed by atoms with Crippen LogP contribution >= 0.6 is 0 Å². The van der Waals surface area contributed by atoms with Gasteiger partial charge >= 0.3 is 0 Å². The minimum atomic E-state index is -0.833. The van der Waals surface area contributed by atoms with Crippen LogP contribution < -0.4 is 20.1 Å². The molecule has 2 aromatic carbocycles. The van der Waals surface area contributed by atoms with E-state index in [-0.39, 0.29) is 17.6 Å². The van der Waals surface area contributed by atoms with Crippen molar-refractivity contribution >= 4 is 11.8 Å². The molecule has 0 saturated heterocycles. The highest BCUT2D eigenvalue weighted by Crippen LogP contribution is 2.33. The SMILES string of the molecule is COc1ccc(OC)c(-c2cc(C(=O)NC(C(=O)NC3CC3)c3ccccc3)no2)c1. The topological polar surface area (TPSA) is 103 Å². The van der Waals surface area contributed by atoms with Crippen LogP contribution in [0.5, 0.6) is 11.5 Å². The first-order chi connectivity index (χ1) is 15.1. The minimum Gasteiger partial charge on any atom is -0.497 e. The molecule has 8 heteroatoms. The molecular weight excluding hydrogens is 398 g/mol. The molecule has 0 radical (unpaired) electrons. The summed E-state index contributed by atoms with van der Waals surface area (Å²) < 4.78 is 16.0. The van der Waals surface area contributed by atoms with Gasteiger partial charge in [0.2, 0.25) is 5.91 Å². The number of ether oxygens (including phenoxy) is 2. The Hall–Kier alpha value is -3.81. The van der Waals surface area contributed by atoms with Crippen molar-refractivity contribution in [2.75, 3.05) is 14.2 Å². The molecule has 2 amide bonds. The van der Waals surface area contributed by atoms with Crippen molar-refractivity contribution in [1.29, 1.82) is 0 Å². The van der Waals surface area contributed by atoms with Gasteiger partial charge in [-0.2, -0.15) is 0 Å². The summed E-state index contributed by atoms with van der Waals surface area (Å²) in [5, 5.41) is 9.60. The van der Waals surface area contributed by atoms with Gasteiger partial charge in [0.15, 0.2) is 11.5 Å². The van der Waals surface area contributed by atoms with Gasteiger partial charge in [0.25, 0.3) is 5.91 Å². The van der Waals surface area contributed by atoms with E-state index in [1.807, 2.05) is 18.2 Å². The van der Waals surface area contributed by atoms with E-state index in [1.54, 1.807) is 37.4 Å². The van der Waals surface area contributed by atoms with Crippen molar-refractivity contribution in [3.63, 3.8) is 0 Å².